The number of benzene rings is 1. The van der Waals surface area contributed by atoms with Crippen LogP contribution in [0.3, 0.4) is 0 Å². The normalized spacial score (nSPS) is 10.7. The van der Waals surface area contributed by atoms with Gasteiger partial charge in [-0.25, -0.2) is 9.07 Å². The van der Waals surface area contributed by atoms with Gasteiger partial charge in [0.15, 0.2) is 11.6 Å². The third-order valence-corrected chi connectivity index (χ3v) is 3.11. The van der Waals surface area contributed by atoms with E-state index in [1.54, 1.807) is 7.05 Å². The molecule has 0 saturated heterocycles. The number of ether oxygens (including phenoxy) is 1. The second-order valence-corrected chi connectivity index (χ2v) is 4.34. The third-order valence-electron chi connectivity index (χ3n) is 2.55. The number of aromatic nitrogens is 2. The lowest BCUT2D eigenvalue weighted by Crippen LogP contribution is -1.99. The highest BCUT2D eigenvalue weighted by atomic mass is 79.9. The molecule has 96 valence electrons. The molecule has 0 spiro atoms. The van der Waals surface area contributed by atoms with Crippen molar-refractivity contribution in [1.82, 2.24) is 9.78 Å². The molecule has 18 heavy (non-hydrogen) atoms. The van der Waals surface area contributed by atoms with E-state index in [4.69, 9.17) is 4.74 Å². The first-order valence-corrected chi connectivity index (χ1v) is 6.37. The van der Waals surface area contributed by atoms with E-state index >= 15 is 0 Å². The largest absolute Gasteiger partial charge is 0.436 e. The monoisotopic (exact) mass is 316 g/mol. The fourth-order valence-corrected chi connectivity index (χ4v) is 2.27. The molecule has 0 aliphatic heterocycles. The molecule has 1 heterocycles. The third kappa shape index (κ3) is 2.25. The van der Waals surface area contributed by atoms with Gasteiger partial charge < -0.3 is 4.74 Å². The first kappa shape index (κ1) is 13.0. The van der Waals surface area contributed by atoms with E-state index in [9.17, 15) is 8.78 Å². The highest BCUT2D eigenvalue weighted by Crippen LogP contribution is 2.30. The zero-order chi connectivity index (χ0) is 13.3. The van der Waals surface area contributed by atoms with Crippen LogP contribution in [0, 0.1) is 18.6 Å². The van der Waals surface area contributed by atoms with Gasteiger partial charge in [0.2, 0.25) is 11.7 Å². The Morgan fingerprint density at radius 1 is 1.39 bits per heavy atom. The van der Waals surface area contributed by atoms with E-state index in [1.807, 2.05) is 6.92 Å². The van der Waals surface area contributed by atoms with Gasteiger partial charge in [0, 0.05) is 17.9 Å². The summed E-state index contributed by atoms with van der Waals surface area (Å²) in [5.41, 5.74) is 1.59. The van der Waals surface area contributed by atoms with Crippen LogP contribution in [0.2, 0.25) is 0 Å². The molecule has 0 amide bonds. The van der Waals surface area contributed by atoms with Crippen LogP contribution >= 0.6 is 15.9 Å². The maximum atomic E-state index is 13.5. The molecule has 1 aromatic carbocycles. The Morgan fingerprint density at radius 2 is 2.11 bits per heavy atom. The van der Waals surface area contributed by atoms with Crippen LogP contribution < -0.4 is 4.74 Å². The molecule has 0 radical (unpaired) electrons. The molecule has 0 unspecified atom stereocenters. The summed E-state index contributed by atoms with van der Waals surface area (Å²) in [5, 5.41) is 4.70. The van der Waals surface area contributed by atoms with Crippen LogP contribution in [0.1, 0.15) is 11.3 Å². The first-order valence-electron chi connectivity index (χ1n) is 5.25. The maximum absolute atomic E-state index is 13.5. The van der Waals surface area contributed by atoms with Crippen molar-refractivity contribution in [3.63, 3.8) is 0 Å². The quantitative estimate of drug-likeness (QED) is 0.807. The number of halogens is 3. The molecule has 0 saturated carbocycles. The lowest BCUT2D eigenvalue weighted by Gasteiger charge is -2.08. The van der Waals surface area contributed by atoms with Gasteiger partial charge in [0.25, 0.3) is 0 Å². The summed E-state index contributed by atoms with van der Waals surface area (Å²) in [6.07, 6.45) is 0. The summed E-state index contributed by atoms with van der Waals surface area (Å²) in [5.74, 6) is -1.70. The summed E-state index contributed by atoms with van der Waals surface area (Å²) in [7, 11) is 1.69. The average Bonchev–Trinajstić information content (AvgIpc) is 2.59. The molecule has 3 nitrogen and oxygen atoms in total. The van der Waals surface area contributed by atoms with Crippen LogP contribution in [-0.2, 0) is 12.4 Å². The Kier molecular flexibility index (Phi) is 3.65. The Labute approximate surface area is 112 Å². The summed E-state index contributed by atoms with van der Waals surface area (Å²) in [6, 6.07) is 3.81. The molecule has 6 heteroatoms. The standard InChI is InChI=1S/C12H11BrF2N2O/c1-7-8(6-13)12(17(2)16-7)18-10-5-3-4-9(14)11(10)15/h3-5H,6H2,1-2H3. The predicted molar refractivity (Wildman–Crippen MR) is 67.0 cm³/mol. The zero-order valence-corrected chi connectivity index (χ0v) is 11.5. The fraction of sp³-hybridized carbons (Fsp3) is 0.250. The number of hydrogen-bond donors (Lipinski definition) is 0. The minimum Gasteiger partial charge on any atom is -0.436 e. The van der Waals surface area contributed by atoms with E-state index in [2.05, 4.69) is 21.0 Å². The molecule has 2 rings (SSSR count). The molecule has 0 atom stereocenters. The van der Waals surface area contributed by atoms with E-state index in [-0.39, 0.29) is 5.75 Å². The van der Waals surface area contributed by atoms with Crippen LogP contribution in [-0.4, -0.2) is 9.78 Å². The van der Waals surface area contributed by atoms with Gasteiger partial charge in [-0.15, -0.1) is 0 Å². The van der Waals surface area contributed by atoms with Crippen molar-refractivity contribution in [2.24, 2.45) is 7.05 Å². The van der Waals surface area contributed by atoms with Gasteiger partial charge in [-0.3, -0.25) is 0 Å². The van der Waals surface area contributed by atoms with Crippen molar-refractivity contribution in [2.45, 2.75) is 12.3 Å². The van der Waals surface area contributed by atoms with Crippen molar-refractivity contribution >= 4 is 15.9 Å². The van der Waals surface area contributed by atoms with Gasteiger partial charge in [-0.1, -0.05) is 22.0 Å². The van der Waals surface area contributed by atoms with Crippen molar-refractivity contribution in [3.8, 4) is 11.6 Å². The molecule has 0 N–H and O–H groups in total. The second kappa shape index (κ2) is 5.06. The Hall–Kier alpha value is -1.43. The molecule has 2 aromatic rings. The van der Waals surface area contributed by atoms with Crippen molar-refractivity contribution in [1.29, 1.82) is 0 Å². The highest BCUT2D eigenvalue weighted by molar-refractivity contribution is 9.08. The summed E-state index contributed by atoms with van der Waals surface area (Å²) in [4.78, 5) is 0. The average molecular weight is 317 g/mol. The van der Waals surface area contributed by atoms with E-state index in [1.165, 1.54) is 16.8 Å². The smallest absolute Gasteiger partial charge is 0.222 e. The number of hydrogen-bond acceptors (Lipinski definition) is 2. The van der Waals surface area contributed by atoms with Crippen LogP contribution in [0.4, 0.5) is 8.78 Å². The highest BCUT2D eigenvalue weighted by Gasteiger charge is 2.17. The van der Waals surface area contributed by atoms with Gasteiger partial charge in [-0.2, -0.15) is 9.49 Å². The zero-order valence-electron chi connectivity index (χ0n) is 9.88. The number of rotatable bonds is 3. The summed E-state index contributed by atoms with van der Waals surface area (Å²) in [6.45, 7) is 1.82. The molecule has 0 bridgehead atoms. The Morgan fingerprint density at radius 3 is 2.78 bits per heavy atom. The van der Waals surface area contributed by atoms with Crippen LogP contribution in [0.15, 0.2) is 18.2 Å². The number of nitrogens with zero attached hydrogens (tertiary/aromatic N) is 2. The molecule has 1 aromatic heterocycles. The summed E-state index contributed by atoms with van der Waals surface area (Å²) < 4.78 is 33.5. The Balaban J connectivity index is 2.43. The SMILES string of the molecule is Cc1nn(C)c(Oc2cccc(F)c2F)c1CBr. The molecule has 0 aliphatic rings. The van der Waals surface area contributed by atoms with Crippen LogP contribution in [0.25, 0.3) is 0 Å². The van der Waals surface area contributed by atoms with Gasteiger partial charge in [0.1, 0.15) is 0 Å². The van der Waals surface area contributed by atoms with Crippen molar-refractivity contribution in [3.05, 3.63) is 41.1 Å². The van der Waals surface area contributed by atoms with Gasteiger partial charge in [0.05, 0.1) is 5.69 Å². The lowest BCUT2D eigenvalue weighted by molar-refractivity contribution is 0.385. The van der Waals surface area contributed by atoms with Gasteiger partial charge >= 0.3 is 0 Å². The first-order chi connectivity index (χ1) is 8.54. The predicted octanol–water partition coefficient (Wildman–Crippen LogP) is 3.69. The van der Waals surface area contributed by atoms with Gasteiger partial charge in [-0.05, 0) is 19.1 Å². The lowest BCUT2D eigenvalue weighted by atomic mass is 10.3. The van der Waals surface area contributed by atoms with Crippen molar-refractivity contribution < 1.29 is 13.5 Å². The Bertz CT molecular complexity index is 584. The molecule has 0 aliphatic carbocycles. The topological polar surface area (TPSA) is 27.1 Å². The van der Waals surface area contributed by atoms with E-state index in [0.717, 1.165) is 17.3 Å². The molecular weight excluding hydrogens is 306 g/mol. The van der Waals surface area contributed by atoms with E-state index in [0.29, 0.717) is 11.2 Å². The second-order valence-electron chi connectivity index (χ2n) is 3.78. The minimum atomic E-state index is -1.00. The molecule has 0 fully saturated rings. The van der Waals surface area contributed by atoms with Crippen LogP contribution in [0.5, 0.6) is 11.6 Å². The molecular formula is C12H11BrF2N2O. The number of aryl methyl sites for hydroxylation is 2. The fourth-order valence-electron chi connectivity index (χ4n) is 1.63. The summed E-state index contributed by atoms with van der Waals surface area (Å²) >= 11 is 3.32. The van der Waals surface area contributed by atoms with Crippen molar-refractivity contribution in [2.75, 3.05) is 0 Å². The maximum Gasteiger partial charge on any atom is 0.222 e. The minimum absolute atomic E-state index is 0.153. The van der Waals surface area contributed by atoms with E-state index < -0.39 is 11.6 Å². The number of alkyl halides is 1.